The molecule has 0 aliphatic carbocycles. The number of aromatic amines is 1. The lowest BCUT2D eigenvalue weighted by atomic mass is 10.0. The van der Waals surface area contributed by atoms with Crippen LogP contribution >= 0.6 is 0 Å². The predicted octanol–water partition coefficient (Wildman–Crippen LogP) is 4.76. The number of benzene rings is 3. The summed E-state index contributed by atoms with van der Waals surface area (Å²) >= 11 is 0. The highest BCUT2D eigenvalue weighted by Gasteiger charge is 2.29. The minimum Gasteiger partial charge on any atom is -0.497 e. The van der Waals surface area contributed by atoms with Gasteiger partial charge >= 0.3 is 0 Å². The van der Waals surface area contributed by atoms with Crippen molar-refractivity contribution in [3.05, 3.63) is 107 Å². The Morgan fingerprint density at radius 2 is 1.84 bits per heavy atom. The van der Waals surface area contributed by atoms with Crippen LogP contribution in [-0.4, -0.2) is 52.5 Å². The highest BCUT2D eigenvalue weighted by atomic mass is 16.5. The second-order valence-corrected chi connectivity index (χ2v) is 11.0. The number of hydrogen-bond acceptors (Lipinski definition) is 6. The fourth-order valence-corrected chi connectivity index (χ4v) is 5.93. The average molecular weight is 579 g/mol. The molecule has 3 aromatic carbocycles. The summed E-state index contributed by atoms with van der Waals surface area (Å²) in [4.78, 5) is 16.9. The van der Waals surface area contributed by atoms with Gasteiger partial charge in [0.2, 0.25) is 5.91 Å². The van der Waals surface area contributed by atoms with Crippen molar-refractivity contribution in [2.24, 2.45) is 0 Å². The molecular weight excluding hydrogens is 540 g/mol. The first-order valence-corrected chi connectivity index (χ1v) is 14.9. The summed E-state index contributed by atoms with van der Waals surface area (Å²) in [6, 6.07) is 23.9. The van der Waals surface area contributed by atoms with Gasteiger partial charge in [-0.3, -0.25) is 4.79 Å². The third kappa shape index (κ3) is 6.41. The Morgan fingerprint density at radius 1 is 1.00 bits per heavy atom. The summed E-state index contributed by atoms with van der Waals surface area (Å²) in [5, 5.41) is 17.3. The summed E-state index contributed by atoms with van der Waals surface area (Å²) in [6.07, 6.45) is 5.93. The van der Waals surface area contributed by atoms with E-state index in [1.165, 1.54) is 5.56 Å². The van der Waals surface area contributed by atoms with Crippen molar-refractivity contribution in [2.45, 2.75) is 50.7 Å². The molecule has 3 N–H and O–H groups in total. The third-order valence-corrected chi connectivity index (χ3v) is 8.26. The van der Waals surface area contributed by atoms with E-state index >= 15 is 0 Å². The monoisotopic (exact) mass is 578 g/mol. The van der Waals surface area contributed by atoms with Gasteiger partial charge in [-0.25, -0.2) is 0 Å². The molecule has 9 heteroatoms. The summed E-state index contributed by atoms with van der Waals surface area (Å²) in [5.74, 6) is 3.01. The molecule has 1 fully saturated rings. The molecule has 43 heavy (non-hydrogen) atoms. The Morgan fingerprint density at radius 3 is 2.63 bits per heavy atom. The summed E-state index contributed by atoms with van der Waals surface area (Å²) < 4.78 is 13.3. The van der Waals surface area contributed by atoms with Gasteiger partial charge in [-0.1, -0.05) is 48.5 Å². The van der Waals surface area contributed by atoms with Gasteiger partial charge in [0.25, 0.3) is 0 Å². The summed E-state index contributed by atoms with van der Waals surface area (Å²) in [5.41, 5.74) is 4.38. The van der Waals surface area contributed by atoms with Crippen LogP contribution in [0.15, 0.2) is 79.0 Å². The molecule has 0 saturated carbocycles. The second kappa shape index (κ2) is 13.1. The summed E-state index contributed by atoms with van der Waals surface area (Å²) in [6.45, 7) is 1.34. The van der Waals surface area contributed by atoms with E-state index < -0.39 is 6.04 Å². The zero-order chi connectivity index (χ0) is 29.6. The number of nitrogens with one attached hydrogen (secondary N) is 3. The normalized spacial score (nSPS) is 15.4. The third-order valence-electron chi connectivity index (χ3n) is 8.26. The molecule has 5 aromatic rings. The fourth-order valence-electron chi connectivity index (χ4n) is 5.93. The topological polar surface area (TPSA) is 106 Å². The molecule has 1 aliphatic rings. The highest BCUT2D eigenvalue weighted by molar-refractivity contribution is 5.84. The average Bonchev–Trinajstić information content (AvgIpc) is 3.82. The Kier molecular flexibility index (Phi) is 8.70. The highest BCUT2D eigenvalue weighted by Crippen LogP contribution is 2.29. The minimum atomic E-state index is -0.392. The van der Waals surface area contributed by atoms with Crippen LogP contribution in [-0.2, 0) is 30.6 Å². The summed E-state index contributed by atoms with van der Waals surface area (Å²) in [7, 11) is 3.31. The maximum Gasteiger partial charge on any atom is 0.237 e. The van der Waals surface area contributed by atoms with E-state index in [1.807, 2.05) is 42.6 Å². The van der Waals surface area contributed by atoms with E-state index in [2.05, 4.69) is 56.6 Å². The smallest absolute Gasteiger partial charge is 0.237 e. The largest absolute Gasteiger partial charge is 0.497 e. The molecule has 0 spiro atoms. The molecule has 1 amide bonds. The van der Waals surface area contributed by atoms with Crippen molar-refractivity contribution in [3.8, 4) is 11.5 Å². The van der Waals surface area contributed by atoms with Gasteiger partial charge in [0.15, 0.2) is 5.82 Å². The van der Waals surface area contributed by atoms with Crippen LogP contribution in [0.1, 0.15) is 47.2 Å². The van der Waals surface area contributed by atoms with Crippen LogP contribution in [0.5, 0.6) is 11.5 Å². The molecule has 222 valence electrons. The van der Waals surface area contributed by atoms with Gasteiger partial charge in [0.05, 0.1) is 32.8 Å². The van der Waals surface area contributed by atoms with E-state index in [0.29, 0.717) is 19.4 Å². The fraction of sp³-hybridized carbons (Fsp3) is 0.324. The van der Waals surface area contributed by atoms with Crippen LogP contribution in [0.4, 0.5) is 0 Å². The van der Waals surface area contributed by atoms with Crippen molar-refractivity contribution < 1.29 is 14.3 Å². The Balaban J connectivity index is 1.39. The zero-order valence-corrected chi connectivity index (χ0v) is 24.7. The number of nitrogens with zero attached hydrogens (tertiary/aromatic N) is 3. The predicted molar refractivity (Wildman–Crippen MR) is 166 cm³/mol. The second-order valence-electron chi connectivity index (χ2n) is 11.0. The first-order chi connectivity index (χ1) is 21.1. The molecule has 9 nitrogen and oxygen atoms in total. The quantitative estimate of drug-likeness (QED) is 0.197. The first kappa shape index (κ1) is 28.5. The zero-order valence-electron chi connectivity index (χ0n) is 24.7. The number of carbonyl (C=O) groups excluding carboxylic acids is 1. The lowest BCUT2D eigenvalue weighted by molar-refractivity contribution is -0.123. The number of ether oxygens (including phenoxy) is 2. The number of aryl methyl sites for hydroxylation is 2. The Bertz CT molecular complexity index is 1670. The van der Waals surface area contributed by atoms with Gasteiger partial charge in [-0.2, -0.15) is 0 Å². The van der Waals surface area contributed by atoms with Crippen LogP contribution in [0, 0.1) is 0 Å². The molecule has 2 atom stereocenters. The van der Waals surface area contributed by atoms with Gasteiger partial charge in [0, 0.05) is 41.6 Å². The first-order valence-electron chi connectivity index (χ1n) is 14.9. The Labute approximate surface area is 251 Å². The van der Waals surface area contributed by atoms with Crippen LogP contribution < -0.4 is 20.1 Å². The van der Waals surface area contributed by atoms with Crippen molar-refractivity contribution in [3.63, 3.8) is 0 Å². The van der Waals surface area contributed by atoms with Gasteiger partial charge < -0.3 is 29.7 Å². The van der Waals surface area contributed by atoms with E-state index in [-0.39, 0.29) is 11.9 Å². The van der Waals surface area contributed by atoms with Crippen molar-refractivity contribution in [1.82, 2.24) is 30.4 Å². The SMILES string of the molecule is COc1ccc(Cn2c(CCc3ccccc3)nnc2[C@@H](Cc2c[nH]c3ccccc23)NC(=O)[C@@H]2CCCN2)c(OC)c1. The van der Waals surface area contributed by atoms with E-state index in [4.69, 9.17) is 19.7 Å². The standard InChI is InChI=1S/C34H38N6O3/c1-42-26-16-15-24(31(20-26)43-2)22-40-32(17-14-23-9-4-3-5-10-23)38-39-33(40)30(37-34(41)29-13-8-18-35-29)19-25-21-36-28-12-7-6-11-27(25)28/h3-7,9-12,15-16,20-21,29-30,35-36H,8,13-14,17-19,22H2,1-2H3,(H,37,41)/t29-,30+/m0/s1. The maximum atomic E-state index is 13.5. The molecule has 1 aliphatic heterocycles. The van der Waals surface area contributed by atoms with Crippen LogP contribution in [0.2, 0.25) is 0 Å². The Hall–Kier alpha value is -4.63. The number of amides is 1. The molecule has 0 bridgehead atoms. The van der Waals surface area contributed by atoms with Gasteiger partial charge in [0.1, 0.15) is 17.3 Å². The maximum absolute atomic E-state index is 13.5. The number of H-pyrrole nitrogens is 1. The number of aromatic nitrogens is 4. The number of methoxy groups -OCH3 is 2. The lowest BCUT2D eigenvalue weighted by Crippen LogP contribution is -2.43. The van der Waals surface area contributed by atoms with Crippen LogP contribution in [0.3, 0.4) is 0 Å². The number of hydrogen-bond donors (Lipinski definition) is 3. The molecule has 0 unspecified atom stereocenters. The minimum absolute atomic E-state index is 0.00949. The van der Waals surface area contributed by atoms with Crippen molar-refractivity contribution in [1.29, 1.82) is 0 Å². The lowest BCUT2D eigenvalue weighted by Gasteiger charge is -2.22. The van der Waals surface area contributed by atoms with Crippen LogP contribution in [0.25, 0.3) is 10.9 Å². The number of carbonyl (C=O) groups is 1. The molecule has 0 radical (unpaired) electrons. The molecule has 3 heterocycles. The van der Waals surface area contributed by atoms with Crippen molar-refractivity contribution in [2.75, 3.05) is 20.8 Å². The van der Waals surface area contributed by atoms with Gasteiger partial charge in [-0.05, 0) is 55.1 Å². The van der Waals surface area contributed by atoms with Gasteiger partial charge in [-0.15, -0.1) is 10.2 Å². The molecule has 6 rings (SSSR count). The number of para-hydroxylation sites is 1. The van der Waals surface area contributed by atoms with E-state index in [0.717, 1.165) is 71.0 Å². The molecule has 2 aromatic heterocycles. The molecular formula is C34H38N6O3. The van der Waals surface area contributed by atoms with Crippen molar-refractivity contribution >= 4 is 16.8 Å². The van der Waals surface area contributed by atoms with E-state index in [1.54, 1.807) is 14.2 Å². The number of rotatable bonds is 12. The van der Waals surface area contributed by atoms with E-state index in [9.17, 15) is 4.79 Å². The molecule has 1 saturated heterocycles. The number of fused-ring (bicyclic) bond motifs is 1.